The summed E-state index contributed by atoms with van der Waals surface area (Å²) in [6.45, 7) is 6.01. The van der Waals surface area contributed by atoms with Crippen molar-refractivity contribution in [3.8, 4) is 0 Å². The van der Waals surface area contributed by atoms with Crippen molar-refractivity contribution in [1.82, 2.24) is 4.57 Å². The summed E-state index contributed by atoms with van der Waals surface area (Å²) in [4.78, 5) is 12.9. The molecule has 33 heavy (non-hydrogen) atoms. The molecule has 1 heterocycles. The van der Waals surface area contributed by atoms with E-state index in [1.807, 2.05) is 4.72 Å². The molecule has 1 N–H and O–H groups in total. The Morgan fingerprint density at radius 2 is 1.73 bits per heavy atom. The van der Waals surface area contributed by atoms with Gasteiger partial charge in [-0.25, -0.2) is 13.8 Å². The number of rotatable bonds is 3. The van der Waals surface area contributed by atoms with Crippen molar-refractivity contribution in [2.24, 2.45) is 0 Å². The monoisotopic (exact) mass is 550 g/mol. The number of ether oxygens (including phenoxy) is 1. The molecular weight excluding hydrogens is 532 g/mol. The molecule has 0 saturated heterocycles. The number of carbonyl (C=O) groups is 1. The molecule has 0 aliphatic rings. The number of fused-ring (bicyclic) bond motifs is 1. The third-order valence-corrected chi connectivity index (χ3v) is 6.47. The Kier molecular flexibility index (Phi) is 6.31. The Bertz CT molecular complexity index is 1360. The molecule has 0 atom stereocenters. The van der Waals surface area contributed by atoms with Crippen LogP contribution < -0.4 is 4.72 Å². The van der Waals surface area contributed by atoms with Gasteiger partial charge in [0.15, 0.2) is 5.03 Å². The van der Waals surface area contributed by atoms with Crippen molar-refractivity contribution in [1.29, 1.82) is 0 Å². The van der Waals surface area contributed by atoms with Crippen LogP contribution >= 0.6 is 15.9 Å². The second-order valence-corrected chi connectivity index (χ2v) is 10.7. The van der Waals surface area contributed by atoms with Crippen molar-refractivity contribution < 1.29 is 35.5 Å². The summed E-state index contributed by atoms with van der Waals surface area (Å²) < 4.78 is 89.1. The van der Waals surface area contributed by atoms with Gasteiger partial charge in [0.05, 0.1) is 16.8 Å². The molecular formula is C21H19BrF4N2O4S. The normalized spacial score (nSPS) is 12.8. The molecule has 3 aromatic rings. The summed E-state index contributed by atoms with van der Waals surface area (Å²) in [6, 6.07) is 6.16. The Morgan fingerprint density at radius 3 is 2.30 bits per heavy atom. The Hall–Kier alpha value is -2.60. The van der Waals surface area contributed by atoms with Crippen LogP contribution in [0.3, 0.4) is 0 Å². The number of hydrogen-bond acceptors (Lipinski definition) is 4. The van der Waals surface area contributed by atoms with Crippen LogP contribution in [0.2, 0.25) is 0 Å². The van der Waals surface area contributed by atoms with Gasteiger partial charge in [-0.3, -0.25) is 4.72 Å². The molecule has 178 valence electrons. The molecule has 0 amide bonds. The third-order valence-electron chi connectivity index (χ3n) is 4.49. The lowest BCUT2D eigenvalue weighted by Gasteiger charge is -2.21. The van der Waals surface area contributed by atoms with Gasteiger partial charge in [0.25, 0.3) is 10.0 Å². The van der Waals surface area contributed by atoms with Gasteiger partial charge < -0.3 is 4.74 Å². The first-order valence-corrected chi connectivity index (χ1v) is 11.7. The molecule has 0 saturated carbocycles. The fourth-order valence-corrected chi connectivity index (χ4v) is 5.09. The first-order valence-electron chi connectivity index (χ1n) is 9.45. The second-order valence-electron chi connectivity index (χ2n) is 8.20. The van der Waals surface area contributed by atoms with Crippen LogP contribution in [-0.2, 0) is 20.9 Å². The van der Waals surface area contributed by atoms with E-state index in [1.165, 1.54) is 19.1 Å². The summed E-state index contributed by atoms with van der Waals surface area (Å²) in [5.74, 6) is -0.684. The number of nitrogens with zero attached hydrogens (tertiary/aromatic N) is 1. The highest BCUT2D eigenvalue weighted by Gasteiger charge is 2.37. The van der Waals surface area contributed by atoms with Gasteiger partial charge in [0.2, 0.25) is 0 Å². The first-order chi connectivity index (χ1) is 15.0. The lowest BCUT2D eigenvalue weighted by atomic mass is 10.2. The maximum absolute atomic E-state index is 13.9. The molecule has 0 radical (unpaired) electrons. The number of carbonyl (C=O) groups excluding carboxylic acids is 1. The van der Waals surface area contributed by atoms with E-state index in [-0.39, 0.29) is 20.9 Å². The Labute approximate surface area is 195 Å². The highest BCUT2D eigenvalue weighted by molar-refractivity contribution is 9.10. The van der Waals surface area contributed by atoms with E-state index in [0.29, 0.717) is 4.57 Å². The Balaban J connectivity index is 2.26. The van der Waals surface area contributed by atoms with Crippen molar-refractivity contribution in [3.05, 3.63) is 57.8 Å². The number of benzene rings is 2. The van der Waals surface area contributed by atoms with Gasteiger partial charge in [-0.2, -0.15) is 21.6 Å². The van der Waals surface area contributed by atoms with E-state index in [2.05, 4.69) is 15.9 Å². The number of nitrogens with one attached hydrogen (secondary N) is 1. The van der Waals surface area contributed by atoms with Gasteiger partial charge in [0.1, 0.15) is 11.4 Å². The topological polar surface area (TPSA) is 77.4 Å². The quantitative estimate of drug-likeness (QED) is 0.380. The van der Waals surface area contributed by atoms with Crippen molar-refractivity contribution >= 4 is 48.6 Å². The SMILES string of the molecule is Cc1c(S(=O)(=O)Nc2ccc(Br)cc2C(F)(F)F)n(C(=O)OC(C)(C)C)c2ccc(F)cc12. The van der Waals surface area contributed by atoms with Crippen LogP contribution in [0.4, 0.5) is 28.0 Å². The lowest BCUT2D eigenvalue weighted by molar-refractivity contribution is -0.136. The molecule has 0 bridgehead atoms. The van der Waals surface area contributed by atoms with Gasteiger partial charge in [-0.05, 0) is 69.7 Å². The zero-order chi connectivity index (χ0) is 24.9. The second kappa shape index (κ2) is 8.32. The minimum absolute atomic E-state index is 0.0235. The predicted octanol–water partition coefficient (Wildman–Crippen LogP) is 6.45. The minimum Gasteiger partial charge on any atom is -0.443 e. The van der Waals surface area contributed by atoms with E-state index in [1.54, 1.807) is 20.8 Å². The van der Waals surface area contributed by atoms with Gasteiger partial charge in [-0.1, -0.05) is 15.9 Å². The number of alkyl halides is 3. The van der Waals surface area contributed by atoms with Crippen LogP contribution in [0.1, 0.15) is 31.9 Å². The largest absolute Gasteiger partial charge is 0.443 e. The number of anilines is 1. The van der Waals surface area contributed by atoms with E-state index in [4.69, 9.17) is 4.74 Å². The number of hydrogen-bond donors (Lipinski definition) is 1. The summed E-state index contributed by atoms with van der Waals surface area (Å²) in [5.41, 5.74) is -2.99. The van der Waals surface area contributed by atoms with E-state index in [0.717, 1.165) is 24.3 Å². The molecule has 6 nitrogen and oxygen atoms in total. The van der Waals surface area contributed by atoms with Crippen LogP contribution in [0.15, 0.2) is 45.9 Å². The van der Waals surface area contributed by atoms with Crippen LogP contribution in [0.25, 0.3) is 10.9 Å². The van der Waals surface area contributed by atoms with Crippen molar-refractivity contribution in [3.63, 3.8) is 0 Å². The predicted molar refractivity (Wildman–Crippen MR) is 118 cm³/mol. The molecule has 0 aliphatic heterocycles. The van der Waals surface area contributed by atoms with E-state index in [9.17, 15) is 30.8 Å². The summed E-state index contributed by atoms with van der Waals surface area (Å²) >= 11 is 2.94. The zero-order valence-corrected chi connectivity index (χ0v) is 20.2. The fraction of sp³-hybridized carbons (Fsp3) is 0.286. The van der Waals surface area contributed by atoms with Gasteiger partial charge in [0, 0.05) is 9.86 Å². The average molecular weight is 551 g/mol. The van der Waals surface area contributed by atoms with E-state index >= 15 is 0 Å². The average Bonchev–Trinajstić information content (AvgIpc) is 2.94. The molecule has 2 aromatic carbocycles. The van der Waals surface area contributed by atoms with Gasteiger partial charge >= 0.3 is 12.3 Å². The molecule has 1 aromatic heterocycles. The number of aromatic nitrogens is 1. The third kappa shape index (κ3) is 5.16. The number of halogens is 5. The summed E-state index contributed by atoms with van der Waals surface area (Å²) in [6.07, 6.45) is -5.95. The number of sulfonamides is 1. The molecule has 3 rings (SSSR count). The van der Waals surface area contributed by atoms with Crippen molar-refractivity contribution in [2.75, 3.05) is 4.72 Å². The minimum atomic E-state index is -4.86. The maximum Gasteiger partial charge on any atom is 0.420 e. The highest BCUT2D eigenvalue weighted by atomic mass is 79.9. The van der Waals surface area contributed by atoms with Crippen LogP contribution in [-0.4, -0.2) is 24.7 Å². The molecule has 0 fully saturated rings. The van der Waals surface area contributed by atoms with E-state index < -0.39 is 50.0 Å². The summed E-state index contributed by atoms with van der Waals surface area (Å²) in [7, 11) is -4.77. The lowest BCUT2D eigenvalue weighted by Crippen LogP contribution is -2.30. The molecule has 0 unspecified atom stereocenters. The Morgan fingerprint density at radius 1 is 1.09 bits per heavy atom. The van der Waals surface area contributed by atoms with Crippen molar-refractivity contribution in [2.45, 2.75) is 44.5 Å². The fourth-order valence-electron chi connectivity index (χ4n) is 3.24. The highest BCUT2D eigenvalue weighted by Crippen LogP contribution is 2.38. The molecule has 0 aliphatic carbocycles. The summed E-state index contributed by atoms with van der Waals surface area (Å²) in [5, 5.41) is -0.568. The standard InChI is InChI=1S/C21H19BrF4N2O4S/c1-11-14-10-13(23)6-8-17(14)28(19(29)32-20(2,3)4)18(11)33(30,31)27-16-7-5-12(22)9-15(16)21(24,25)26/h5-10,27H,1-4H3. The molecule has 12 heteroatoms. The zero-order valence-electron chi connectivity index (χ0n) is 17.8. The smallest absolute Gasteiger partial charge is 0.420 e. The maximum atomic E-state index is 13.9. The van der Waals surface area contributed by atoms with Crippen LogP contribution in [0.5, 0.6) is 0 Å². The molecule has 0 spiro atoms. The van der Waals surface area contributed by atoms with Gasteiger partial charge in [-0.15, -0.1) is 0 Å². The number of aryl methyl sites for hydroxylation is 1. The first kappa shape index (κ1) is 25.0. The van der Waals surface area contributed by atoms with Crippen LogP contribution in [0, 0.1) is 12.7 Å².